The Morgan fingerprint density at radius 3 is 2.65 bits per heavy atom. The second-order valence-electron chi connectivity index (χ2n) is 5.75. The lowest BCUT2D eigenvalue weighted by atomic mass is 9.84. The average Bonchev–Trinajstić information content (AvgIpc) is 2.53. The Bertz CT molecular complexity index is 454. The van der Waals surface area contributed by atoms with Gasteiger partial charge in [0.2, 0.25) is 0 Å². The minimum atomic E-state index is -1.04. The predicted molar refractivity (Wildman–Crippen MR) is 79.9 cm³/mol. The molecule has 0 heterocycles. The van der Waals surface area contributed by atoms with Gasteiger partial charge in [0.1, 0.15) is 0 Å². The molecule has 0 saturated heterocycles. The van der Waals surface area contributed by atoms with Gasteiger partial charge in [-0.1, -0.05) is 56.5 Å². The van der Waals surface area contributed by atoms with Crippen LogP contribution >= 0.6 is 0 Å². The Labute approximate surface area is 121 Å². The molecule has 2 N–H and O–H groups in total. The smallest absolute Gasteiger partial charge is 0.153 e. The fraction of sp³-hybridized carbons (Fsp3) is 0.588. The van der Waals surface area contributed by atoms with Crippen LogP contribution in [0.1, 0.15) is 44.6 Å². The number of hydrogen-bond donors (Lipinski definition) is 1. The summed E-state index contributed by atoms with van der Waals surface area (Å²) >= 11 is 0. The third kappa shape index (κ3) is 3.39. The first kappa shape index (κ1) is 15.0. The first-order chi connectivity index (χ1) is 9.69. The molecule has 1 aliphatic carbocycles. The van der Waals surface area contributed by atoms with E-state index in [1.807, 2.05) is 30.3 Å². The van der Waals surface area contributed by atoms with Crippen molar-refractivity contribution in [3.63, 3.8) is 0 Å². The SMILES string of the molecule is CCC1CCCCC1OCC(N)(C#N)c1ccccc1. The van der Waals surface area contributed by atoms with Gasteiger partial charge in [-0.05, 0) is 24.3 Å². The van der Waals surface area contributed by atoms with Crippen molar-refractivity contribution in [1.29, 1.82) is 5.26 Å². The minimum Gasteiger partial charge on any atom is -0.375 e. The fourth-order valence-electron chi connectivity index (χ4n) is 3.01. The highest BCUT2D eigenvalue weighted by Gasteiger charge is 2.31. The van der Waals surface area contributed by atoms with E-state index in [9.17, 15) is 5.26 Å². The van der Waals surface area contributed by atoms with Gasteiger partial charge in [0.25, 0.3) is 0 Å². The van der Waals surface area contributed by atoms with Crippen molar-refractivity contribution >= 4 is 0 Å². The molecule has 1 aromatic rings. The quantitative estimate of drug-likeness (QED) is 0.894. The van der Waals surface area contributed by atoms with Crippen LogP contribution in [0.3, 0.4) is 0 Å². The standard InChI is InChI=1S/C17H24N2O/c1-2-14-8-6-7-11-16(14)20-13-17(19,12-18)15-9-4-3-5-10-15/h3-5,9-10,14,16H,2,6-8,11,13,19H2,1H3. The largest absolute Gasteiger partial charge is 0.375 e. The van der Waals surface area contributed by atoms with Crippen LogP contribution in [0, 0.1) is 17.2 Å². The summed E-state index contributed by atoms with van der Waals surface area (Å²) in [6, 6.07) is 11.7. The summed E-state index contributed by atoms with van der Waals surface area (Å²) in [4.78, 5) is 0. The van der Waals surface area contributed by atoms with Crippen molar-refractivity contribution in [2.24, 2.45) is 11.7 Å². The molecular weight excluding hydrogens is 248 g/mol. The van der Waals surface area contributed by atoms with E-state index in [1.165, 1.54) is 19.3 Å². The number of ether oxygens (including phenoxy) is 1. The molecule has 0 spiro atoms. The van der Waals surface area contributed by atoms with Crippen molar-refractivity contribution in [1.82, 2.24) is 0 Å². The molecule has 3 heteroatoms. The fourth-order valence-corrected chi connectivity index (χ4v) is 3.01. The first-order valence-corrected chi connectivity index (χ1v) is 7.57. The van der Waals surface area contributed by atoms with E-state index in [0.717, 1.165) is 18.4 Å². The van der Waals surface area contributed by atoms with Crippen LogP contribution in [0.4, 0.5) is 0 Å². The highest BCUT2D eigenvalue weighted by Crippen LogP contribution is 2.30. The maximum Gasteiger partial charge on any atom is 0.153 e. The average molecular weight is 272 g/mol. The van der Waals surface area contributed by atoms with Crippen molar-refractivity contribution < 1.29 is 4.74 Å². The van der Waals surface area contributed by atoms with Crippen LogP contribution in [0.5, 0.6) is 0 Å². The lowest BCUT2D eigenvalue weighted by Crippen LogP contribution is -2.42. The van der Waals surface area contributed by atoms with Gasteiger partial charge in [-0.2, -0.15) is 5.26 Å². The second-order valence-corrected chi connectivity index (χ2v) is 5.75. The van der Waals surface area contributed by atoms with Gasteiger partial charge in [0, 0.05) is 0 Å². The Kier molecular flexibility index (Phi) is 5.17. The zero-order valence-electron chi connectivity index (χ0n) is 12.2. The van der Waals surface area contributed by atoms with Crippen LogP contribution < -0.4 is 5.73 Å². The van der Waals surface area contributed by atoms with E-state index in [4.69, 9.17) is 10.5 Å². The Morgan fingerprint density at radius 1 is 1.30 bits per heavy atom. The summed E-state index contributed by atoms with van der Waals surface area (Å²) in [6.45, 7) is 2.48. The predicted octanol–water partition coefficient (Wildman–Crippen LogP) is 3.35. The Hall–Kier alpha value is -1.37. The molecule has 3 unspecified atom stereocenters. The van der Waals surface area contributed by atoms with Crippen LogP contribution in [0.25, 0.3) is 0 Å². The summed E-state index contributed by atoms with van der Waals surface area (Å²) < 4.78 is 6.05. The molecule has 2 rings (SSSR count). The summed E-state index contributed by atoms with van der Waals surface area (Å²) in [5.74, 6) is 0.613. The molecule has 1 fully saturated rings. The van der Waals surface area contributed by atoms with Crippen LogP contribution in [-0.2, 0) is 10.3 Å². The molecule has 0 amide bonds. The van der Waals surface area contributed by atoms with Gasteiger partial charge in [0.15, 0.2) is 5.54 Å². The zero-order valence-corrected chi connectivity index (χ0v) is 12.2. The third-order valence-electron chi connectivity index (χ3n) is 4.38. The molecule has 1 aliphatic rings. The molecule has 3 atom stereocenters. The van der Waals surface area contributed by atoms with Gasteiger partial charge in [-0.25, -0.2) is 0 Å². The summed E-state index contributed by atoms with van der Waals surface area (Å²) in [6.07, 6.45) is 6.24. The molecular formula is C17H24N2O. The molecule has 1 saturated carbocycles. The van der Waals surface area contributed by atoms with E-state index >= 15 is 0 Å². The number of nitrogens with zero attached hydrogens (tertiary/aromatic N) is 1. The number of hydrogen-bond acceptors (Lipinski definition) is 3. The Balaban J connectivity index is 2.02. The third-order valence-corrected chi connectivity index (χ3v) is 4.38. The number of benzene rings is 1. The van der Waals surface area contributed by atoms with E-state index in [0.29, 0.717) is 5.92 Å². The first-order valence-electron chi connectivity index (χ1n) is 7.57. The highest BCUT2D eigenvalue weighted by atomic mass is 16.5. The summed E-state index contributed by atoms with van der Waals surface area (Å²) in [5, 5.41) is 9.44. The Morgan fingerprint density at radius 2 is 2.00 bits per heavy atom. The normalized spacial score (nSPS) is 25.6. The van der Waals surface area contributed by atoms with Gasteiger partial charge in [-0.15, -0.1) is 0 Å². The van der Waals surface area contributed by atoms with E-state index in [-0.39, 0.29) is 12.7 Å². The van der Waals surface area contributed by atoms with E-state index in [1.54, 1.807) is 0 Å². The topological polar surface area (TPSA) is 59.0 Å². The number of nitriles is 1. The van der Waals surface area contributed by atoms with Gasteiger partial charge in [-0.3, -0.25) is 0 Å². The number of rotatable bonds is 5. The number of nitrogens with two attached hydrogens (primary N) is 1. The van der Waals surface area contributed by atoms with Crippen LogP contribution in [0.15, 0.2) is 30.3 Å². The second kappa shape index (κ2) is 6.88. The molecule has 0 aliphatic heterocycles. The van der Waals surface area contributed by atoms with Crippen LogP contribution in [-0.4, -0.2) is 12.7 Å². The summed E-state index contributed by atoms with van der Waals surface area (Å²) in [5.41, 5.74) is 6.02. The van der Waals surface area contributed by atoms with E-state index in [2.05, 4.69) is 13.0 Å². The maximum absolute atomic E-state index is 9.44. The van der Waals surface area contributed by atoms with Crippen LogP contribution in [0.2, 0.25) is 0 Å². The summed E-state index contributed by atoms with van der Waals surface area (Å²) in [7, 11) is 0. The van der Waals surface area contributed by atoms with Crippen molar-refractivity contribution in [3.05, 3.63) is 35.9 Å². The molecule has 0 bridgehead atoms. The molecule has 3 nitrogen and oxygen atoms in total. The zero-order chi connectivity index (χ0) is 14.4. The lowest BCUT2D eigenvalue weighted by Gasteiger charge is -2.33. The molecule has 108 valence electrons. The van der Waals surface area contributed by atoms with Gasteiger partial charge >= 0.3 is 0 Å². The highest BCUT2D eigenvalue weighted by molar-refractivity contribution is 5.30. The van der Waals surface area contributed by atoms with E-state index < -0.39 is 5.54 Å². The molecule has 0 aromatic heterocycles. The molecule has 1 aromatic carbocycles. The maximum atomic E-state index is 9.44. The molecule has 0 radical (unpaired) electrons. The van der Waals surface area contributed by atoms with Crippen molar-refractivity contribution in [3.8, 4) is 6.07 Å². The molecule has 20 heavy (non-hydrogen) atoms. The van der Waals surface area contributed by atoms with Gasteiger partial charge in [0.05, 0.1) is 18.8 Å². The van der Waals surface area contributed by atoms with Crippen molar-refractivity contribution in [2.45, 2.75) is 50.7 Å². The van der Waals surface area contributed by atoms with Crippen molar-refractivity contribution in [2.75, 3.05) is 6.61 Å². The minimum absolute atomic E-state index is 0.258. The monoisotopic (exact) mass is 272 g/mol. The lowest BCUT2D eigenvalue weighted by molar-refractivity contribution is -0.0268. The van der Waals surface area contributed by atoms with Gasteiger partial charge < -0.3 is 10.5 Å².